The van der Waals surface area contributed by atoms with E-state index in [4.69, 9.17) is 0 Å². The van der Waals surface area contributed by atoms with Crippen LogP contribution in [0, 0.1) is 23.7 Å². The van der Waals surface area contributed by atoms with Gasteiger partial charge >= 0.3 is 0 Å². The summed E-state index contributed by atoms with van der Waals surface area (Å²) in [5.41, 5.74) is 0.0588. The Morgan fingerprint density at radius 1 is 1.41 bits per heavy atom. The molecule has 96 valence electrons. The van der Waals surface area contributed by atoms with Crippen molar-refractivity contribution in [2.24, 2.45) is 23.7 Å². The molecule has 0 unspecified atom stereocenters. The topological polar surface area (TPSA) is 37.3 Å². The lowest BCUT2D eigenvalue weighted by Crippen LogP contribution is -2.56. The van der Waals surface area contributed by atoms with Crippen LogP contribution in [0.15, 0.2) is 11.6 Å². The summed E-state index contributed by atoms with van der Waals surface area (Å²) >= 11 is 0. The third-order valence-electron chi connectivity index (χ3n) is 5.02. The average molecular weight is 236 g/mol. The number of Topliss-reactive ketones (excluding diaryl/α,β-unsaturated/α-hetero) is 1. The van der Waals surface area contributed by atoms with Crippen molar-refractivity contribution < 1.29 is 9.90 Å². The smallest absolute Gasteiger partial charge is 0.164 e. The van der Waals surface area contributed by atoms with Crippen molar-refractivity contribution in [3.8, 4) is 0 Å². The van der Waals surface area contributed by atoms with Crippen LogP contribution < -0.4 is 0 Å². The molecule has 0 radical (unpaired) electrons. The zero-order chi connectivity index (χ0) is 12.8. The predicted octanol–water partition coefficient (Wildman–Crippen LogP) is 2.95. The average Bonchev–Trinajstić information content (AvgIpc) is 2.26. The monoisotopic (exact) mass is 236 g/mol. The Labute approximate surface area is 104 Å². The van der Waals surface area contributed by atoms with E-state index in [1.54, 1.807) is 0 Å². The van der Waals surface area contributed by atoms with Crippen LogP contribution in [0.2, 0.25) is 0 Å². The lowest BCUT2D eigenvalue weighted by Gasteiger charge is -2.50. The molecule has 1 saturated carbocycles. The first-order valence-electron chi connectivity index (χ1n) is 6.81. The van der Waals surface area contributed by atoms with Crippen LogP contribution >= 0.6 is 0 Å². The van der Waals surface area contributed by atoms with Crippen LogP contribution in [0.1, 0.15) is 47.0 Å². The van der Waals surface area contributed by atoms with Crippen molar-refractivity contribution >= 4 is 5.78 Å². The maximum absolute atomic E-state index is 12.4. The summed E-state index contributed by atoms with van der Waals surface area (Å²) in [5, 5.41) is 10.9. The fraction of sp³-hybridized carbons (Fsp3) is 0.800. The van der Waals surface area contributed by atoms with Crippen LogP contribution in [0.3, 0.4) is 0 Å². The molecule has 0 aromatic heterocycles. The summed E-state index contributed by atoms with van der Waals surface area (Å²) in [5.74, 6) is 1.05. The number of carbonyl (C=O) groups excluding carboxylic acids is 1. The number of aliphatic hydroxyl groups is 1. The van der Waals surface area contributed by atoms with Crippen LogP contribution in [-0.4, -0.2) is 16.5 Å². The Morgan fingerprint density at radius 3 is 2.65 bits per heavy atom. The van der Waals surface area contributed by atoms with Gasteiger partial charge in [-0.1, -0.05) is 26.8 Å². The lowest BCUT2D eigenvalue weighted by molar-refractivity contribution is -0.153. The molecule has 2 heteroatoms. The van der Waals surface area contributed by atoms with E-state index < -0.39 is 5.60 Å². The second kappa shape index (κ2) is 4.24. The summed E-state index contributed by atoms with van der Waals surface area (Å²) in [6.45, 7) is 8.31. The highest BCUT2D eigenvalue weighted by Gasteiger charge is 2.53. The van der Waals surface area contributed by atoms with Crippen LogP contribution in [-0.2, 0) is 4.79 Å². The van der Waals surface area contributed by atoms with Gasteiger partial charge in [-0.25, -0.2) is 0 Å². The van der Waals surface area contributed by atoms with Gasteiger partial charge < -0.3 is 5.11 Å². The van der Waals surface area contributed by atoms with E-state index in [9.17, 15) is 9.90 Å². The van der Waals surface area contributed by atoms with Crippen molar-refractivity contribution in [1.82, 2.24) is 0 Å². The maximum Gasteiger partial charge on any atom is 0.164 e. The minimum Gasteiger partial charge on any atom is -0.389 e. The molecular weight excluding hydrogens is 212 g/mol. The third-order valence-corrected chi connectivity index (χ3v) is 5.02. The molecule has 0 aromatic rings. The molecule has 17 heavy (non-hydrogen) atoms. The van der Waals surface area contributed by atoms with E-state index in [0.717, 1.165) is 18.4 Å². The molecule has 0 saturated heterocycles. The molecular formula is C15H24O2. The maximum atomic E-state index is 12.4. The highest BCUT2D eigenvalue weighted by Crippen LogP contribution is 2.49. The number of carbonyl (C=O) groups is 1. The second-order valence-electron chi connectivity index (χ2n) is 6.31. The Balaban J connectivity index is 2.42. The standard InChI is InChI=1S/C15H24O2/c1-9(2)12-6-5-11(4)15(17)8-7-10(3)14(16)13(12)15/h7,9,11-13,17H,5-6,8H2,1-4H3/t11-,12+,13-,15-/m1/s1. The third kappa shape index (κ3) is 1.87. The summed E-state index contributed by atoms with van der Waals surface area (Å²) < 4.78 is 0. The van der Waals surface area contributed by atoms with E-state index >= 15 is 0 Å². The van der Waals surface area contributed by atoms with Crippen molar-refractivity contribution in [3.63, 3.8) is 0 Å². The molecule has 2 aliphatic rings. The van der Waals surface area contributed by atoms with Crippen molar-refractivity contribution in [3.05, 3.63) is 11.6 Å². The predicted molar refractivity (Wildman–Crippen MR) is 68.5 cm³/mol. The molecule has 4 atom stereocenters. The van der Waals surface area contributed by atoms with Crippen molar-refractivity contribution in [2.75, 3.05) is 0 Å². The molecule has 0 bridgehead atoms. The highest BCUT2D eigenvalue weighted by molar-refractivity contribution is 5.98. The molecule has 2 rings (SSSR count). The Kier molecular flexibility index (Phi) is 3.19. The van der Waals surface area contributed by atoms with Gasteiger partial charge in [0, 0.05) is 0 Å². The van der Waals surface area contributed by atoms with E-state index in [-0.39, 0.29) is 17.6 Å². The van der Waals surface area contributed by atoms with E-state index in [0.29, 0.717) is 18.3 Å². The quantitative estimate of drug-likeness (QED) is 0.760. The summed E-state index contributed by atoms with van der Waals surface area (Å²) in [4.78, 5) is 12.4. The Hall–Kier alpha value is -0.630. The van der Waals surface area contributed by atoms with Gasteiger partial charge in [0.1, 0.15) is 0 Å². The van der Waals surface area contributed by atoms with Gasteiger partial charge in [-0.2, -0.15) is 0 Å². The summed E-state index contributed by atoms with van der Waals surface area (Å²) in [6, 6.07) is 0. The molecule has 0 amide bonds. The van der Waals surface area contributed by atoms with Crippen LogP contribution in [0.5, 0.6) is 0 Å². The lowest BCUT2D eigenvalue weighted by atomic mass is 9.56. The molecule has 0 aliphatic heterocycles. The largest absolute Gasteiger partial charge is 0.389 e. The zero-order valence-corrected chi connectivity index (χ0v) is 11.4. The van der Waals surface area contributed by atoms with Gasteiger partial charge in [-0.05, 0) is 49.5 Å². The van der Waals surface area contributed by atoms with Gasteiger partial charge in [-0.15, -0.1) is 0 Å². The van der Waals surface area contributed by atoms with Gasteiger partial charge in [0.25, 0.3) is 0 Å². The second-order valence-corrected chi connectivity index (χ2v) is 6.31. The number of fused-ring (bicyclic) bond motifs is 1. The minimum absolute atomic E-state index is 0.170. The molecule has 1 N–H and O–H groups in total. The van der Waals surface area contributed by atoms with Gasteiger partial charge in [0.2, 0.25) is 0 Å². The minimum atomic E-state index is -0.788. The van der Waals surface area contributed by atoms with Crippen LogP contribution in [0.4, 0.5) is 0 Å². The fourth-order valence-electron chi connectivity index (χ4n) is 3.67. The van der Waals surface area contributed by atoms with Gasteiger partial charge in [-0.3, -0.25) is 4.79 Å². The normalized spacial score (nSPS) is 42.4. The molecule has 0 aromatic carbocycles. The van der Waals surface area contributed by atoms with Gasteiger partial charge in [0.15, 0.2) is 5.78 Å². The summed E-state index contributed by atoms with van der Waals surface area (Å²) in [7, 11) is 0. The highest BCUT2D eigenvalue weighted by atomic mass is 16.3. The van der Waals surface area contributed by atoms with E-state index in [2.05, 4.69) is 20.8 Å². The molecule has 1 fully saturated rings. The first-order valence-corrected chi connectivity index (χ1v) is 6.81. The number of hydrogen-bond acceptors (Lipinski definition) is 2. The van der Waals surface area contributed by atoms with Crippen molar-refractivity contribution in [1.29, 1.82) is 0 Å². The first-order chi connectivity index (χ1) is 7.88. The van der Waals surface area contributed by atoms with Crippen molar-refractivity contribution in [2.45, 2.75) is 52.6 Å². The van der Waals surface area contributed by atoms with Gasteiger partial charge in [0.05, 0.1) is 11.5 Å². The van der Waals surface area contributed by atoms with E-state index in [1.807, 2.05) is 13.0 Å². The number of hydrogen-bond donors (Lipinski definition) is 1. The molecule has 0 heterocycles. The first kappa shape index (κ1) is 12.8. The SMILES string of the molecule is CC1=CC[C@@]2(O)[C@H](C)CC[C@@H](C(C)C)[C@@H]2C1=O. The zero-order valence-electron chi connectivity index (χ0n) is 11.4. The Morgan fingerprint density at radius 2 is 2.06 bits per heavy atom. The summed E-state index contributed by atoms with van der Waals surface area (Å²) in [6.07, 6.45) is 4.69. The molecule has 0 spiro atoms. The Bertz CT molecular complexity index is 356. The number of allylic oxidation sites excluding steroid dienone is 1. The van der Waals surface area contributed by atoms with Crippen LogP contribution in [0.25, 0.3) is 0 Å². The van der Waals surface area contributed by atoms with E-state index in [1.165, 1.54) is 0 Å². The molecule has 2 nitrogen and oxygen atoms in total. The molecule has 2 aliphatic carbocycles. The number of ketones is 1. The fourth-order valence-corrected chi connectivity index (χ4v) is 3.67. The number of rotatable bonds is 1.